The van der Waals surface area contributed by atoms with Crippen LogP contribution in [0.5, 0.6) is 0 Å². The second-order valence-electron chi connectivity index (χ2n) is 8.19. The van der Waals surface area contributed by atoms with Crippen LogP contribution >= 0.6 is 11.8 Å². The number of nitrogens with zero attached hydrogens (tertiary/aromatic N) is 3. The van der Waals surface area contributed by atoms with Crippen molar-refractivity contribution >= 4 is 41.0 Å². The molecule has 3 aromatic carbocycles. The molecule has 1 fully saturated rings. The zero-order chi connectivity index (χ0) is 23.5. The normalized spacial score (nSPS) is 17.1. The highest BCUT2D eigenvalue weighted by atomic mass is 32.2. The van der Waals surface area contributed by atoms with Crippen LogP contribution in [0.2, 0.25) is 0 Å². The fraction of sp³-hybridized carbons (Fsp3) is 0.185. The molecule has 5 rings (SSSR count). The number of hydrogen-bond acceptors (Lipinski definition) is 4. The fourth-order valence-corrected chi connectivity index (χ4v) is 5.29. The molecule has 1 saturated heterocycles. The van der Waals surface area contributed by atoms with Crippen LogP contribution in [-0.4, -0.2) is 49.4 Å². The Morgan fingerprint density at radius 3 is 2.32 bits per heavy atom. The van der Waals surface area contributed by atoms with Crippen LogP contribution in [-0.2, 0) is 9.59 Å². The molecule has 34 heavy (non-hydrogen) atoms. The highest BCUT2D eigenvalue weighted by molar-refractivity contribution is 8.04. The maximum absolute atomic E-state index is 14.2. The third kappa shape index (κ3) is 4.56. The van der Waals surface area contributed by atoms with Gasteiger partial charge >= 0.3 is 0 Å². The number of fused-ring (bicyclic) bond motifs is 1. The molecule has 0 spiro atoms. The second kappa shape index (κ2) is 9.73. The lowest BCUT2D eigenvalue weighted by Crippen LogP contribution is -2.52. The Balaban J connectivity index is 1.33. The maximum Gasteiger partial charge on any atom is 0.265 e. The minimum Gasteiger partial charge on any atom is -0.368 e. The summed E-state index contributed by atoms with van der Waals surface area (Å²) in [5, 5.41) is 0. The van der Waals surface area contributed by atoms with E-state index in [-0.39, 0.29) is 24.2 Å². The average Bonchev–Trinajstić information content (AvgIpc) is 2.88. The quantitative estimate of drug-likeness (QED) is 0.518. The Morgan fingerprint density at radius 1 is 0.882 bits per heavy atom. The van der Waals surface area contributed by atoms with Crippen LogP contribution in [0, 0.1) is 5.82 Å². The van der Waals surface area contributed by atoms with Gasteiger partial charge in [-0.25, -0.2) is 4.39 Å². The van der Waals surface area contributed by atoms with Gasteiger partial charge in [0.15, 0.2) is 0 Å². The van der Waals surface area contributed by atoms with Crippen molar-refractivity contribution in [3.63, 3.8) is 0 Å². The minimum atomic E-state index is -0.388. The third-order valence-electron chi connectivity index (χ3n) is 6.07. The van der Waals surface area contributed by atoms with Crippen LogP contribution in [0.3, 0.4) is 0 Å². The van der Waals surface area contributed by atoms with E-state index in [1.54, 1.807) is 24.3 Å². The van der Waals surface area contributed by atoms with Crippen molar-refractivity contribution < 1.29 is 14.0 Å². The average molecular weight is 474 g/mol. The largest absolute Gasteiger partial charge is 0.368 e. The molecule has 0 unspecified atom stereocenters. The summed E-state index contributed by atoms with van der Waals surface area (Å²) in [5.74, 6) is -0.766. The van der Waals surface area contributed by atoms with E-state index in [1.807, 2.05) is 47.4 Å². The summed E-state index contributed by atoms with van der Waals surface area (Å²) in [6, 6.07) is 24.0. The summed E-state index contributed by atoms with van der Waals surface area (Å²) in [5.41, 5.74) is 2.20. The van der Waals surface area contributed by atoms with Crippen molar-refractivity contribution in [2.45, 2.75) is 4.90 Å². The number of halogens is 1. The predicted molar refractivity (Wildman–Crippen MR) is 134 cm³/mol. The first-order valence-electron chi connectivity index (χ1n) is 11.2. The van der Waals surface area contributed by atoms with E-state index in [0.717, 1.165) is 23.7 Å². The lowest BCUT2D eigenvalue weighted by Gasteiger charge is -2.37. The lowest BCUT2D eigenvalue weighted by molar-refractivity contribution is -0.131. The first-order valence-corrected chi connectivity index (χ1v) is 12.0. The summed E-state index contributed by atoms with van der Waals surface area (Å²) in [4.78, 5) is 33.5. The topological polar surface area (TPSA) is 43.9 Å². The smallest absolute Gasteiger partial charge is 0.265 e. The van der Waals surface area contributed by atoms with E-state index in [1.165, 1.54) is 22.7 Å². The lowest BCUT2D eigenvalue weighted by atomic mass is 10.2. The summed E-state index contributed by atoms with van der Waals surface area (Å²) in [7, 11) is 0. The molecule has 0 aliphatic carbocycles. The number of benzene rings is 3. The molecule has 0 saturated carbocycles. The Labute approximate surface area is 202 Å². The molecule has 2 aliphatic rings. The molecule has 0 N–H and O–H groups in total. The molecular weight excluding hydrogens is 449 g/mol. The SMILES string of the molecule is O=C(CN1C(=O)C(=Cc2ccccc2F)Sc2ccccc21)N1CCN(c2ccccc2)CC1. The first kappa shape index (κ1) is 22.2. The molecule has 0 atom stereocenters. The van der Waals surface area contributed by atoms with Gasteiger partial charge in [0.05, 0.1) is 10.6 Å². The number of carbonyl (C=O) groups is 2. The number of hydrogen-bond donors (Lipinski definition) is 0. The second-order valence-corrected chi connectivity index (χ2v) is 9.28. The molecular formula is C27H24FN3O2S. The molecule has 7 heteroatoms. The molecule has 2 heterocycles. The van der Waals surface area contributed by atoms with Gasteiger partial charge in [0, 0.05) is 42.3 Å². The van der Waals surface area contributed by atoms with Gasteiger partial charge in [0.1, 0.15) is 12.4 Å². The molecule has 2 amide bonds. The Hall–Kier alpha value is -3.58. The van der Waals surface area contributed by atoms with Crippen molar-refractivity contribution in [3.05, 3.63) is 95.1 Å². The van der Waals surface area contributed by atoms with Crippen LogP contribution < -0.4 is 9.80 Å². The number of anilines is 2. The van der Waals surface area contributed by atoms with Crippen molar-refractivity contribution in [1.82, 2.24) is 4.90 Å². The van der Waals surface area contributed by atoms with Crippen LogP contribution in [0.25, 0.3) is 6.08 Å². The number of thioether (sulfide) groups is 1. The van der Waals surface area contributed by atoms with E-state index in [9.17, 15) is 14.0 Å². The van der Waals surface area contributed by atoms with Gasteiger partial charge in [-0.15, -0.1) is 0 Å². The fourth-order valence-electron chi connectivity index (χ4n) is 4.24. The van der Waals surface area contributed by atoms with Crippen molar-refractivity contribution in [2.75, 3.05) is 42.5 Å². The van der Waals surface area contributed by atoms with Gasteiger partial charge in [0.25, 0.3) is 5.91 Å². The van der Waals surface area contributed by atoms with E-state index >= 15 is 0 Å². The van der Waals surface area contributed by atoms with Crippen LogP contribution in [0.1, 0.15) is 5.56 Å². The molecule has 172 valence electrons. The highest BCUT2D eigenvalue weighted by Gasteiger charge is 2.32. The van der Waals surface area contributed by atoms with Crippen molar-refractivity contribution in [1.29, 1.82) is 0 Å². The maximum atomic E-state index is 14.2. The van der Waals surface area contributed by atoms with E-state index in [0.29, 0.717) is 29.2 Å². The Bertz CT molecular complexity index is 1240. The van der Waals surface area contributed by atoms with Crippen molar-refractivity contribution in [2.24, 2.45) is 0 Å². The van der Waals surface area contributed by atoms with Gasteiger partial charge in [0.2, 0.25) is 5.91 Å². The predicted octanol–water partition coefficient (Wildman–Crippen LogP) is 4.65. The number of amides is 2. The number of piperazine rings is 1. The van der Waals surface area contributed by atoms with E-state index in [4.69, 9.17) is 0 Å². The van der Waals surface area contributed by atoms with Gasteiger partial charge in [-0.1, -0.05) is 60.3 Å². The summed E-state index contributed by atoms with van der Waals surface area (Å²) in [6.45, 7) is 2.65. The molecule has 3 aromatic rings. The zero-order valence-corrected chi connectivity index (χ0v) is 19.4. The number of carbonyl (C=O) groups excluding carboxylic acids is 2. The molecule has 0 bridgehead atoms. The minimum absolute atomic E-state index is 0.0453. The van der Waals surface area contributed by atoms with Crippen LogP contribution in [0.4, 0.5) is 15.8 Å². The third-order valence-corrected chi connectivity index (χ3v) is 7.15. The number of rotatable bonds is 4. The summed E-state index contributed by atoms with van der Waals surface area (Å²) >= 11 is 1.30. The van der Waals surface area contributed by atoms with E-state index in [2.05, 4.69) is 17.0 Å². The Morgan fingerprint density at radius 2 is 1.56 bits per heavy atom. The van der Waals surface area contributed by atoms with Crippen LogP contribution in [0.15, 0.2) is 88.7 Å². The van der Waals surface area contributed by atoms with E-state index < -0.39 is 0 Å². The molecule has 5 nitrogen and oxygen atoms in total. The highest BCUT2D eigenvalue weighted by Crippen LogP contribution is 2.42. The molecule has 2 aliphatic heterocycles. The van der Waals surface area contributed by atoms with Gasteiger partial charge in [-0.2, -0.15) is 0 Å². The van der Waals surface area contributed by atoms with Crippen molar-refractivity contribution in [3.8, 4) is 0 Å². The number of para-hydroxylation sites is 2. The summed E-state index contributed by atoms with van der Waals surface area (Å²) in [6.07, 6.45) is 1.56. The van der Waals surface area contributed by atoms with Gasteiger partial charge < -0.3 is 9.80 Å². The standard InChI is InChI=1S/C27H24FN3O2S/c28-22-11-5-4-8-20(22)18-25-27(33)31(23-12-6-7-13-24(23)34-25)19-26(32)30-16-14-29(15-17-30)21-9-2-1-3-10-21/h1-13,18H,14-17,19H2. The van der Waals surface area contributed by atoms with Gasteiger partial charge in [-0.05, 0) is 36.4 Å². The zero-order valence-electron chi connectivity index (χ0n) is 18.6. The molecule has 0 radical (unpaired) electrons. The Kier molecular flexibility index (Phi) is 6.36. The molecule has 0 aromatic heterocycles. The van der Waals surface area contributed by atoms with Gasteiger partial charge in [-0.3, -0.25) is 14.5 Å². The summed E-state index contributed by atoms with van der Waals surface area (Å²) < 4.78 is 14.2. The monoisotopic (exact) mass is 473 g/mol. The first-order chi connectivity index (χ1) is 16.6.